The number of hydrogen-bond acceptors (Lipinski definition) is 5. The first-order chi connectivity index (χ1) is 11.6. The molecular formula is C17H34Cl2N4O3. The van der Waals surface area contributed by atoms with Gasteiger partial charge in [-0.05, 0) is 32.6 Å². The molecule has 7 nitrogen and oxygen atoms in total. The van der Waals surface area contributed by atoms with Gasteiger partial charge in [-0.15, -0.1) is 24.8 Å². The normalized spacial score (nSPS) is 19.9. The second-order valence-corrected chi connectivity index (χ2v) is 6.64. The van der Waals surface area contributed by atoms with Crippen LogP contribution in [0, 0.1) is 5.92 Å². The maximum absolute atomic E-state index is 12.6. The van der Waals surface area contributed by atoms with Crippen LogP contribution in [0.3, 0.4) is 0 Å². The molecule has 2 aliphatic heterocycles. The van der Waals surface area contributed by atoms with E-state index in [1.54, 1.807) is 0 Å². The van der Waals surface area contributed by atoms with Gasteiger partial charge in [0.25, 0.3) is 0 Å². The molecule has 0 aromatic carbocycles. The second kappa shape index (κ2) is 12.7. The van der Waals surface area contributed by atoms with Gasteiger partial charge in [-0.3, -0.25) is 14.5 Å². The van der Waals surface area contributed by atoms with E-state index < -0.39 is 6.04 Å². The minimum Gasteiger partial charge on any atom is -0.381 e. The average Bonchev–Trinajstić information content (AvgIpc) is 2.63. The van der Waals surface area contributed by atoms with Crippen LogP contribution in [0.5, 0.6) is 0 Å². The number of likely N-dealkylation sites (N-methyl/N-ethyl adjacent to an activating group) is 1. The lowest BCUT2D eigenvalue weighted by Crippen LogP contribution is -2.56. The van der Waals surface area contributed by atoms with E-state index in [2.05, 4.69) is 4.90 Å². The van der Waals surface area contributed by atoms with Crippen LogP contribution in [0.1, 0.15) is 26.7 Å². The summed E-state index contributed by atoms with van der Waals surface area (Å²) in [5.74, 6) is 0.448. The third kappa shape index (κ3) is 6.85. The molecule has 0 aromatic heterocycles. The number of halogens is 2. The van der Waals surface area contributed by atoms with E-state index in [0.717, 1.165) is 39.0 Å². The van der Waals surface area contributed by atoms with Gasteiger partial charge in [-0.2, -0.15) is 0 Å². The Kier molecular flexibility index (Phi) is 12.4. The molecule has 2 N–H and O–H groups in total. The van der Waals surface area contributed by atoms with E-state index in [4.69, 9.17) is 10.5 Å². The number of amides is 2. The topological polar surface area (TPSA) is 79.1 Å². The molecular weight excluding hydrogens is 379 g/mol. The first-order valence-electron chi connectivity index (χ1n) is 9.19. The highest BCUT2D eigenvalue weighted by Crippen LogP contribution is 2.19. The predicted molar refractivity (Wildman–Crippen MR) is 107 cm³/mol. The van der Waals surface area contributed by atoms with Crippen LogP contribution >= 0.6 is 24.8 Å². The number of nitrogens with two attached hydrogens (primary N) is 1. The summed E-state index contributed by atoms with van der Waals surface area (Å²) in [6.45, 7) is 10.1. The Balaban J connectivity index is 0.00000312. The van der Waals surface area contributed by atoms with Gasteiger partial charge < -0.3 is 20.3 Å². The number of hydrogen-bond donors (Lipinski definition) is 1. The summed E-state index contributed by atoms with van der Waals surface area (Å²) in [5, 5.41) is 0. The molecule has 1 atom stereocenters. The van der Waals surface area contributed by atoms with Crippen molar-refractivity contribution in [2.45, 2.75) is 32.7 Å². The second-order valence-electron chi connectivity index (χ2n) is 6.64. The summed E-state index contributed by atoms with van der Waals surface area (Å²) in [6.07, 6.45) is 1.73. The summed E-state index contributed by atoms with van der Waals surface area (Å²) >= 11 is 0. The summed E-state index contributed by atoms with van der Waals surface area (Å²) in [7, 11) is 0. The molecule has 2 rings (SSSR count). The van der Waals surface area contributed by atoms with E-state index in [1.165, 1.54) is 0 Å². The van der Waals surface area contributed by atoms with Crippen molar-refractivity contribution in [2.75, 3.05) is 59.0 Å². The number of piperazine rings is 1. The number of carbonyl (C=O) groups excluding carboxylic acids is 2. The first kappa shape index (κ1) is 25.4. The zero-order valence-electron chi connectivity index (χ0n) is 15.9. The van der Waals surface area contributed by atoms with Crippen LogP contribution in [0.25, 0.3) is 0 Å². The van der Waals surface area contributed by atoms with Crippen LogP contribution in [0.15, 0.2) is 0 Å². The molecule has 0 radical (unpaired) electrons. The molecule has 2 heterocycles. The van der Waals surface area contributed by atoms with Crippen molar-refractivity contribution in [1.82, 2.24) is 14.7 Å². The van der Waals surface area contributed by atoms with Crippen molar-refractivity contribution in [3.8, 4) is 0 Å². The van der Waals surface area contributed by atoms with Crippen LogP contribution in [0.4, 0.5) is 0 Å². The molecule has 2 aliphatic rings. The zero-order chi connectivity index (χ0) is 17.5. The Bertz CT molecular complexity index is 424. The predicted octanol–water partition coefficient (Wildman–Crippen LogP) is 0.597. The minimum atomic E-state index is -0.419. The zero-order valence-corrected chi connectivity index (χ0v) is 17.5. The van der Waals surface area contributed by atoms with E-state index in [9.17, 15) is 9.59 Å². The number of nitrogens with zero attached hydrogens (tertiary/aromatic N) is 3. The minimum absolute atomic E-state index is 0. The molecule has 1 unspecified atom stereocenters. The smallest absolute Gasteiger partial charge is 0.239 e. The van der Waals surface area contributed by atoms with Gasteiger partial charge in [0.1, 0.15) is 0 Å². The van der Waals surface area contributed by atoms with Gasteiger partial charge in [0, 0.05) is 52.5 Å². The molecule has 0 bridgehead atoms. The quantitative estimate of drug-likeness (QED) is 0.690. The third-order valence-corrected chi connectivity index (χ3v) is 5.22. The summed E-state index contributed by atoms with van der Waals surface area (Å²) in [4.78, 5) is 30.6. The molecule has 2 saturated heterocycles. The van der Waals surface area contributed by atoms with Crippen LogP contribution < -0.4 is 5.73 Å². The lowest BCUT2D eigenvalue weighted by atomic mass is 9.91. The van der Waals surface area contributed by atoms with Gasteiger partial charge in [0.15, 0.2) is 0 Å². The van der Waals surface area contributed by atoms with Crippen molar-refractivity contribution >= 4 is 36.6 Å². The molecule has 154 valence electrons. The van der Waals surface area contributed by atoms with Gasteiger partial charge in [-0.25, -0.2) is 0 Å². The fourth-order valence-corrected chi connectivity index (χ4v) is 3.48. The van der Waals surface area contributed by atoms with Crippen molar-refractivity contribution in [2.24, 2.45) is 11.7 Å². The fraction of sp³-hybridized carbons (Fsp3) is 0.882. The lowest BCUT2D eigenvalue weighted by molar-refractivity contribution is -0.137. The van der Waals surface area contributed by atoms with E-state index in [-0.39, 0.29) is 42.5 Å². The molecule has 2 fully saturated rings. The largest absolute Gasteiger partial charge is 0.381 e. The Labute approximate surface area is 169 Å². The van der Waals surface area contributed by atoms with Crippen molar-refractivity contribution in [3.05, 3.63) is 0 Å². The van der Waals surface area contributed by atoms with Gasteiger partial charge in [-0.1, -0.05) is 0 Å². The molecule has 0 saturated carbocycles. The highest BCUT2D eigenvalue weighted by molar-refractivity contribution is 5.85. The van der Waals surface area contributed by atoms with Crippen LogP contribution in [-0.2, 0) is 14.3 Å². The molecule has 0 aromatic rings. The van der Waals surface area contributed by atoms with Gasteiger partial charge >= 0.3 is 0 Å². The molecule has 26 heavy (non-hydrogen) atoms. The summed E-state index contributed by atoms with van der Waals surface area (Å²) in [5.41, 5.74) is 6.19. The Morgan fingerprint density at radius 1 is 1.08 bits per heavy atom. The molecule has 0 aliphatic carbocycles. The number of rotatable bonds is 6. The average molecular weight is 413 g/mol. The van der Waals surface area contributed by atoms with Crippen LogP contribution in [-0.4, -0.2) is 91.6 Å². The molecule has 9 heteroatoms. The maximum atomic E-state index is 12.6. The first-order valence-corrected chi connectivity index (χ1v) is 9.19. The van der Waals surface area contributed by atoms with E-state index >= 15 is 0 Å². The molecule has 0 spiro atoms. The number of carbonyl (C=O) groups is 2. The van der Waals surface area contributed by atoms with E-state index in [1.807, 2.05) is 23.6 Å². The highest BCUT2D eigenvalue weighted by atomic mass is 35.5. The SMILES string of the molecule is CCN(CC)C(=O)CN1CCN(C(=O)C(N)C2CCOCC2)CC1.Cl.Cl. The van der Waals surface area contributed by atoms with Crippen molar-refractivity contribution < 1.29 is 14.3 Å². The monoisotopic (exact) mass is 412 g/mol. The van der Waals surface area contributed by atoms with E-state index in [0.29, 0.717) is 32.8 Å². The van der Waals surface area contributed by atoms with Gasteiger partial charge in [0.05, 0.1) is 12.6 Å². The molecule has 2 amide bonds. The Morgan fingerprint density at radius 2 is 1.62 bits per heavy atom. The van der Waals surface area contributed by atoms with Crippen molar-refractivity contribution in [1.29, 1.82) is 0 Å². The van der Waals surface area contributed by atoms with Gasteiger partial charge in [0.2, 0.25) is 11.8 Å². The summed E-state index contributed by atoms with van der Waals surface area (Å²) in [6, 6.07) is -0.419. The maximum Gasteiger partial charge on any atom is 0.239 e. The standard InChI is InChI=1S/C17H32N4O3.2ClH/c1-3-20(4-2)15(22)13-19-7-9-21(10-8-19)17(23)16(18)14-5-11-24-12-6-14;;/h14,16H,3-13,18H2,1-2H3;2*1H. The van der Waals surface area contributed by atoms with Crippen LogP contribution in [0.2, 0.25) is 0 Å². The fourth-order valence-electron chi connectivity index (χ4n) is 3.48. The summed E-state index contributed by atoms with van der Waals surface area (Å²) < 4.78 is 5.34. The number of ether oxygens (including phenoxy) is 1. The highest BCUT2D eigenvalue weighted by Gasteiger charge is 2.31. The lowest BCUT2D eigenvalue weighted by Gasteiger charge is -2.37. The Hall–Kier alpha value is -0.600. The Morgan fingerprint density at radius 3 is 2.12 bits per heavy atom. The third-order valence-electron chi connectivity index (χ3n) is 5.22. The van der Waals surface area contributed by atoms with Crippen molar-refractivity contribution in [3.63, 3.8) is 0 Å².